The van der Waals surface area contributed by atoms with Crippen molar-refractivity contribution in [3.8, 4) is 89.9 Å². The van der Waals surface area contributed by atoms with Crippen molar-refractivity contribution in [3.05, 3.63) is 231 Å². The lowest BCUT2D eigenvalue weighted by Crippen LogP contribution is -2.00. The molecule has 4 nitrogen and oxygen atoms in total. The van der Waals surface area contributed by atoms with E-state index in [1.54, 1.807) is 0 Å². The van der Waals surface area contributed by atoms with E-state index in [1.807, 2.05) is 18.2 Å². The second-order valence-electron chi connectivity index (χ2n) is 15.4. The van der Waals surface area contributed by atoms with Crippen LogP contribution in [-0.2, 0) is 0 Å². The Morgan fingerprint density at radius 1 is 0.226 bits per heavy atom. The van der Waals surface area contributed by atoms with Crippen LogP contribution in [0.4, 0.5) is 0 Å². The molecule has 0 fully saturated rings. The summed E-state index contributed by atoms with van der Waals surface area (Å²) in [6.45, 7) is 0. The fourth-order valence-electron chi connectivity index (χ4n) is 8.39. The Labute approximate surface area is 360 Å². The molecule has 11 aromatic rings. The third-order valence-corrected chi connectivity index (χ3v) is 11.6. The molecule has 0 unspecified atom stereocenters. The van der Waals surface area contributed by atoms with Gasteiger partial charge in [0.25, 0.3) is 0 Å². The molecule has 0 aliphatic rings. The van der Waals surface area contributed by atoms with Gasteiger partial charge in [-0.1, -0.05) is 218 Å². The van der Waals surface area contributed by atoms with E-state index in [1.165, 1.54) is 16.3 Å². The summed E-state index contributed by atoms with van der Waals surface area (Å²) in [5.74, 6) is 1.85. The number of fused-ring (bicyclic) bond motifs is 3. The first-order valence-electron chi connectivity index (χ1n) is 20.9. The normalized spacial score (nSPS) is 11.2. The van der Waals surface area contributed by atoms with Gasteiger partial charge in [-0.25, -0.2) is 19.9 Å². The maximum absolute atomic E-state index is 5.33. The second kappa shape index (κ2) is 16.0. The highest BCUT2D eigenvalue weighted by molar-refractivity contribution is 6.18. The highest BCUT2D eigenvalue weighted by atomic mass is 15.0. The molecule has 0 amide bonds. The molecule has 290 valence electrons. The summed E-state index contributed by atoms with van der Waals surface area (Å²) in [5, 5.41) is 3.48. The Kier molecular flexibility index (Phi) is 9.49. The average molecular weight is 791 g/mol. The van der Waals surface area contributed by atoms with Crippen LogP contribution in [0.2, 0.25) is 0 Å². The number of nitrogens with zero attached hydrogens (tertiary/aromatic N) is 4. The van der Waals surface area contributed by atoms with E-state index in [9.17, 15) is 0 Å². The zero-order chi connectivity index (χ0) is 41.2. The van der Waals surface area contributed by atoms with E-state index in [0.29, 0.717) is 17.5 Å². The van der Waals surface area contributed by atoms with Gasteiger partial charge in [0, 0.05) is 27.6 Å². The lowest BCUT2D eigenvalue weighted by Gasteiger charge is -2.16. The van der Waals surface area contributed by atoms with E-state index in [2.05, 4.69) is 212 Å². The average Bonchev–Trinajstić information content (AvgIpc) is 3.37. The number of hydrogen-bond donors (Lipinski definition) is 0. The minimum absolute atomic E-state index is 0.612. The van der Waals surface area contributed by atoms with E-state index in [0.717, 1.165) is 77.8 Å². The monoisotopic (exact) mass is 790 g/mol. The fourth-order valence-corrected chi connectivity index (χ4v) is 8.39. The van der Waals surface area contributed by atoms with Crippen molar-refractivity contribution in [2.45, 2.75) is 0 Å². The number of pyridine rings is 1. The van der Waals surface area contributed by atoms with Crippen molar-refractivity contribution in [1.29, 1.82) is 0 Å². The molecular formula is C58H38N4. The van der Waals surface area contributed by atoms with Crippen LogP contribution >= 0.6 is 0 Å². The first kappa shape index (κ1) is 36.7. The Balaban J connectivity index is 1.02. The number of benzene rings is 9. The molecule has 0 N–H and O–H groups in total. The molecular weight excluding hydrogens is 753 g/mol. The van der Waals surface area contributed by atoms with Crippen LogP contribution in [-0.4, -0.2) is 19.9 Å². The molecule has 2 aromatic heterocycles. The van der Waals surface area contributed by atoms with Gasteiger partial charge >= 0.3 is 0 Å². The topological polar surface area (TPSA) is 51.6 Å². The van der Waals surface area contributed by atoms with Gasteiger partial charge in [-0.3, -0.25) is 0 Å². The molecule has 2 heterocycles. The molecule has 0 saturated carbocycles. The molecule has 0 bridgehead atoms. The lowest BCUT2D eigenvalue weighted by molar-refractivity contribution is 1.07. The van der Waals surface area contributed by atoms with Crippen LogP contribution in [0.1, 0.15) is 0 Å². The van der Waals surface area contributed by atoms with Crippen LogP contribution in [0, 0.1) is 0 Å². The Morgan fingerprint density at radius 3 is 1.03 bits per heavy atom. The third kappa shape index (κ3) is 7.10. The summed E-state index contributed by atoms with van der Waals surface area (Å²) in [6.07, 6.45) is 0. The summed E-state index contributed by atoms with van der Waals surface area (Å²) in [6, 6.07) is 80.5. The number of aromatic nitrogens is 4. The maximum Gasteiger partial charge on any atom is 0.164 e. The highest BCUT2D eigenvalue weighted by Crippen LogP contribution is 2.41. The zero-order valence-corrected chi connectivity index (χ0v) is 33.7. The zero-order valence-electron chi connectivity index (χ0n) is 33.7. The van der Waals surface area contributed by atoms with E-state index in [4.69, 9.17) is 19.9 Å². The highest BCUT2D eigenvalue weighted by Gasteiger charge is 2.18. The van der Waals surface area contributed by atoms with Gasteiger partial charge in [0.2, 0.25) is 0 Å². The smallest absolute Gasteiger partial charge is 0.164 e. The third-order valence-electron chi connectivity index (χ3n) is 11.6. The van der Waals surface area contributed by atoms with Crippen LogP contribution in [0.25, 0.3) is 112 Å². The van der Waals surface area contributed by atoms with Crippen molar-refractivity contribution in [2.75, 3.05) is 0 Å². The quantitative estimate of drug-likeness (QED) is 0.144. The van der Waals surface area contributed by atoms with Crippen molar-refractivity contribution in [1.82, 2.24) is 19.9 Å². The molecule has 9 aromatic carbocycles. The van der Waals surface area contributed by atoms with Gasteiger partial charge in [-0.2, -0.15) is 0 Å². The molecule has 0 radical (unpaired) electrons. The minimum Gasteiger partial charge on any atom is -0.248 e. The van der Waals surface area contributed by atoms with E-state index >= 15 is 0 Å². The van der Waals surface area contributed by atoms with E-state index < -0.39 is 0 Å². The van der Waals surface area contributed by atoms with Crippen LogP contribution < -0.4 is 0 Å². The van der Waals surface area contributed by atoms with Crippen molar-refractivity contribution >= 4 is 21.7 Å². The van der Waals surface area contributed by atoms with Crippen LogP contribution in [0.5, 0.6) is 0 Å². The Morgan fingerprint density at radius 2 is 0.565 bits per heavy atom. The number of hydrogen-bond acceptors (Lipinski definition) is 4. The largest absolute Gasteiger partial charge is 0.248 e. The summed E-state index contributed by atoms with van der Waals surface area (Å²) >= 11 is 0. The van der Waals surface area contributed by atoms with Crippen LogP contribution in [0.15, 0.2) is 231 Å². The summed E-state index contributed by atoms with van der Waals surface area (Å²) in [7, 11) is 0. The second-order valence-corrected chi connectivity index (χ2v) is 15.4. The van der Waals surface area contributed by atoms with E-state index in [-0.39, 0.29) is 0 Å². The molecule has 0 saturated heterocycles. The summed E-state index contributed by atoms with van der Waals surface area (Å²) in [4.78, 5) is 20.6. The first-order valence-corrected chi connectivity index (χ1v) is 20.9. The molecule has 4 heteroatoms. The molecule has 0 aliphatic carbocycles. The minimum atomic E-state index is 0.612. The lowest BCUT2D eigenvalue weighted by atomic mass is 9.90. The first-order chi connectivity index (χ1) is 30.7. The molecule has 0 atom stereocenters. The standard InChI is InChI=1S/C58H38N4/c1-5-15-39(16-6-1)41-25-31-46(32-26-41)56-60-57(47-33-27-42(28-34-47)40-17-7-2-8-18-40)62-58(61-56)48-35-29-44(30-36-48)51-37-54-55(50-24-14-13-23-49(50)51)52(43-19-9-3-10-20-43)38-53(59-54)45-21-11-4-12-22-45/h1-38H. The van der Waals surface area contributed by atoms with Crippen molar-refractivity contribution < 1.29 is 0 Å². The molecule has 0 spiro atoms. The van der Waals surface area contributed by atoms with Gasteiger partial charge in [-0.05, 0) is 67.4 Å². The van der Waals surface area contributed by atoms with Gasteiger partial charge in [0.1, 0.15) is 0 Å². The van der Waals surface area contributed by atoms with Crippen molar-refractivity contribution in [2.24, 2.45) is 0 Å². The van der Waals surface area contributed by atoms with Gasteiger partial charge in [-0.15, -0.1) is 0 Å². The number of rotatable bonds is 8. The SMILES string of the molecule is c1ccc(-c2ccc(-c3nc(-c4ccc(-c5ccccc5)cc4)nc(-c4ccc(-c5cc6nc(-c7ccccc7)cc(-c7ccccc7)c6c6ccccc56)cc4)n3)cc2)cc1. The van der Waals surface area contributed by atoms with Gasteiger partial charge < -0.3 is 0 Å². The molecule has 0 aliphatic heterocycles. The predicted octanol–water partition coefficient (Wildman–Crippen LogP) is 14.9. The maximum atomic E-state index is 5.33. The molecule has 62 heavy (non-hydrogen) atoms. The molecule has 11 rings (SSSR count). The van der Waals surface area contributed by atoms with Gasteiger partial charge in [0.05, 0.1) is 11.2 Å². The fraction of sp³-hybridized carbons (Fsp3) is 0. The van der Waals surface area contributed by atoms with Crippen LogP contribution in [0.3, 0.4) is 0 Å². The summed E-state index contributed by atoms with van der Waals surface area (Å²) < 4.78 is 0. The Bertz CT molecular complexity index is 3230. The van der Waals surface area contributed by atoms with Gasteiger partial charge in [0.15, 0.2) is 17.5 Å². The Hall–Kier alpha value is -8.34. The van der Waals surface area contributed by atoms with Crippen molar-refractivity contribution in [3.63, 3.8) is 0 Å². The predicted molar refractivity (Wildman–Crippen MR) is 256 cm³/mol. The summed E-state index contributed by atoms with van der Waals surface area (Å²) in [5.41, 5.74) is 14.9.